The van der Waals surface area contributed by atoms with Gasteiger partial charge in [-0.1, -0.05) is 0 Å². The van der Waals surface area contributed by atoms with E-state index >= 15 is 0 Å². The lowest BCUT2D eigenvalue weighted by Crippen LogP contribution is -2.46. The van der Waals surface area contributed by atoms with Crippen LogP contribution in [0.3, 0.4) is 0 Å². The number of hydrogen-bond donors (Lipinski definition) is 1. The number of hydrogen-bond acceptors (Lipinski definition) is 7. The summed E-state index contributed by atoms with van der Waals surface area (Å²) in [5.74, 6) is 2.01. The van der Waals surface area contributed by atoms with E-state index in [0.29, 0.717) is 17.8 Å². The van der Waals surface area contributed by atoms with Crippen LogP contribution in [0.2, 0.25) is 0 Å². The molecule has 5 heterocycles. The first-order chi connectivity index (χ1) is 11.3. The second-order valence-corrected chi connectivity index (χ2v) is 6.37. The predicted molar refractivity (Wildman–Crippen MR) is 83.4 cm³/mol. The van der Waals surface area contributed by atoms with Crippen molar-refractivity contribution in [2.75, 3.05) is 31.5 Å². The highest BCUT2D eigenvalue weighted by molar-refractivity contribution is 5.89. The van der Waals surface area contributed by atoms with E-state index in [2.05, 4.69) is 30.2 Å². The van der Waals surface area contributed by atoms with Gasteiger partial charge in [-0.2, -0.15) is 0 Å². The highest BCUT2D eigenvalue weighted by Crippen LogP contribution is 2.41. The molecule has 0 saturated carbocycles. The number of amidine groups is 1. The first-order valence-electron chi connectivity index (χ1n) is 7.84. The van der Waals surface area contributed by atoms with Crippen molar-refractivity contribution in [1.29, 1.82) is 0 Å². The molecule has 3 aliphatic heterocycles. The van der Waals surface area contributed by atoms with Crippen LogP contribution in [0.1, 0.15) is 6.42 Å². The number of fused-ring (bicyclic) bond motifs is 3. The summed E-state index contributed by atoms with van der Waals surface area (Å²) < 4.78 is 8.02. The average molecular weight is 311 g/mol. The summed E-state index contributed by atoms with van der Waals surface area (Å²) in [5, 5.41) is 3.18. The van der Waals surface area contributed by atoms with E-state index in [1.807, 2.05) is 16.8 Å². The molecule has 0 aromatic carbocycles. The molecule has 1 unspecified atom stereocenters. The molecule has 2 bridgehead atoms. The maximum absolute atomic E-state index is 6.20. The molecule has 3 atom stereocenters. The van der Waals surface area contributed by atoms with Crippen molar-refractivity contribution in [3.05, 3.63) is 31.1 Å². The molecule has 118 valence electrons. The Morgan fingerprint density at radius 1 is 1.35 bits per heavy atom. The van der Waals surface area contributed by atoms with Gasteiger partial charge in [0.1, 0.15) is 29.9 Å². The number of rotatable bonds is 2. The number of piperidine rings is 1. The minimum Gasteiger partial charge on any atom is -0.455 e. The topological polar surface area (TPSA) is 80.5 Å². The van der Waals surface area contributed by atoms with Gasteiger partial charge in [0.25, 0.3) is 6.02 Å². The van der Waals surface area contributed by atoms with Crippen molar-refractivity contribution >= 4 is 11.8 Å². The van der Waals surface area contributed by atoms with Gasteiger partial charge >= 0.3 is 0 Å². The molecule has 0 amide bonds. The highest BCUT2D eigenvalue weighted by atomic mass is 16.5. The lowest BCUT2D eigenvalue weighted by Gasteiger charge is -2.32. The van der Waals surface area contributed by atoms with E-state index < -0.39 is 0 Å². The molecule has 0 radical (unpaired) electrons. The molecule has 2 saturated heterocycles. The minimum atomic E-state index is -0.124. The van der Waals surface area contributed by atoms with Crippen LogP contribution >= 0.6 is 0 Å². The van der Waals surface area contributed by atoms with Gasteiger partial charge in [-0.25, -0.2) is 19.9 Å². The fraction of sp³-hybridized carbons (Fsp3) is 0.467. The van der Waals surface area contributed by atoms with Gasteiger partial charge in [-0.3, -0.25) is 14.8 Å². The largest absolute Gasteiger partial charge is 0.455 e. The molecule has 0 aliphatic carbocycles. The van der Waals surface area contributed by atoms with Crippen LogP contribution in [0, 0.1) is 5.92 Å². The fourth-order valence-electron chi connectivity index (χ4n) is 3.80. The van der Waals surface area contributed by atoms with Crippen LogP contribution in [-0.2, 0) is 4.74 Å². The van der Waals surface area contributed by atoms with Crippen LogP contribution in [0.15, 0.2) is 36.1 Å². The molecule has 1 N–H and O–H groups in total. The summed E-state index contributed by atoms with van der Waals surface area (Å²) in [6, 6.07) is 2.41. The standard InChI is InChI=1S/C15H17N7O/c1-3-21-6-11(1)15(8-21)7-17-14(23-15)20-12-5-13(19-9-18-12)22-4-2-16-10-22/h2,4-5,9-11H,1,3,6-8H2,(H,17,18,19,20)/t11-,15-/m0/s1. The summed E-state index contributed by atoms with van der Waals surface area (Å²) in [6.45, 7) is 4.05. The summed E-state index contributed by atoms with van der Waals surface area (Å²) in [5.41, 5.74) is -0.124. The zero-order chi connectivity index (χ0) is 15.3. The van der Waals surface area contributed by atoms with E-state index in [1.54, 1.807) is 12.5 Å². The second-order valence-electron chi connectivity index (χ2n) is 6.37. The van der Waals surface area contributed by atoms with Crippen molar-refractivity contribution in [3.8, 4) is 5.82 Å². The maximum atomic E-state index is 6.20. The molecule has 2 aromatic heterocycles. The number of nitrogens with one attached hydrogen (secondary N) is 1. The van der Waals surface area contributed by atoms with Crippen molar-refractivity contribution in [2.45, 2.75) is 12.0 Å². The zero-order valence-electron chi connectivity index (χ0n) is 12.6. The molecule has 8 nitrogen and oxygen atoms in total. The quantitative estimate of drug-likeness (QED) is 0.871. The van der Waals surface area contributed by atoms with Crippen LogP contribution in [-0.4, -0.2) is 62.2 Å². The number of ether oxygens (including phenoxy) is 1. The van der Waals surface area contributed by atoms with Gasteiger partial charge in [0.05, 0.1) is 6.54 Å². The number of imidazole rings is 1. The van der Waals surface area contributed by atoms with E-state index in [1.165, 1.54) is 19.3 Å². The molecule has 1 spiro atoms. The third-order valence-corrected chi connectivity index (χ3v) is 4.95. The Labute approximate surface area is 133 Å². The van der Waals surface area contributed by atoms with Gasteiger partial charge in [0.2, 0.25) is 0 Å². The summed E-state index contributed by atoms with van der Waals surface area (Å²) in [7, 11) is 0. The number of aliphatic imine (C=N–C) groups is 1. The Balaban J connectivity index is 1.32. The Kier molecular flexibility index (Phi) is 2.69. The Morgan fingerprint density at radius 3 is 3.13 bits per heavy atom. The predicted octanol–water partition coefficient (Wildman–Crippen LogP) is 0.535. The van der Waals surface area contributed by atoms with E-state index in [9.17, 15) is 0 Å². The van der Waals surface area contributed by atoms with E-state index in [4.69, 9.17) is 4.74 Å². The Morgan fingerprint density at radius 2 is 2.35 bits per heavy atom. The molecule has 8 heteroatoms. The lowest BCUT2D eigenvalue weighted by molar-refractivity contribution is 0.0364. The van der Waals surface area contributed by atoms with E-state index in [-0.39, 0.29) is 5.60 Å². The van der Waals surface area contributed by atoms with Crippen molar-refractivity contribution < 1.29 is 4.74 Å². The molecular weight excluding hydrogens is 294 g/mol. The smallest absolute Gasteiger partial charge is 0.291 e. The normalized spacial score (nSPS) is 31.4. The lowest BCUT2D eigenvalue weighted by atomic mass is 9.88. The third kappa shape index (κ3) is 2.09. The van der Waals surface area contributed by atoms with Crippen molar-refractivity contribution in [2.24, 2.45) is 10.9 Å². The highest BCUT2D eigenvalue weighted by Gasteiger charge is 2.54. The number of nitrogens with zero attached hydrogens (tertiary/aromatic N) is 6. The van der Waals surface area contributed by atoms with Crippen LogP contribution in [0.4, 0.5) is 5.82 Å². The number of aromatic nitrogens is 4. The van der Waals surface area contributed by atoms with Gasteiger partial charge in [-0.15, -0.1) is 0 Å². The van der Waals surface area contributed by atoms with Gasteiger partial charge in [-0.05, 0) is 13.0 Å². The molecule has 23 heavy (non-hydrogen) atoms. The molecule has 3 aliphatic rings. The number of anilines is 1. The van der Waals surface area contributed by atoms with Crippen LogP contribution < -0.4 is 5.32 Å². The summed E-state index contributed by atoms with van der Waals surface area (Å²) in [6.07, 6.45) is 7.99. The van der Waals surface area contributed by atoms with Gasteiger partial charge in [0, 0.05) is 37.5 Å². The van der Waals surface area contributed by atoms with E-state index in [0.717, 1.165) is 25.5 Å². The first kappa shape index (κ1) is 13.0. The van der Waals surface area contributed by atoms with Crippen molar-refractivity contribution in [1.82, 2.24) is 24.4 Å². The van der Waals surface area contributed by atoms with Crippen LogP contribution in [0.5, 0.6) is 0 Å². The van der Waals surface area contributed by atoms with Gasteiger partial charge in [0.15, 0.2) is 0 Å². The monoisotopic (exact) mass is 311 g/mol. The minimum absolute atomic E-state index is 0.124. The molecular formula is C15H17N7O. The molecule has 5 rings (SSSR count). The average Bonchev–Trinajstić information content (AvgIpc) is 3.32. The third-order valence-electron chi connectivity index (χ3n) is 4.95. The fourth-order valence-corrected chi connectivity index (χ4v) is 3.80. The maximum Gasteiger partial charge on any atom is 0.291 e. The Hall–Kier alpha value is -2.48. The SMILES string of the molecule is c1cn(-c2cc(NC3=NC[C@@]4(CN5CC[C@H]4C5)O3)ncn2)cn1. The zero-order valence-corrected chi connectivity index (χ0v) is 12.6. The Bertz CT molecular complexity index is 759. The summed E-state index contributed by atoms with van der Waals surface area (Å²) in [4.78, 5) is 19.5. The molecule has 2 fully saturated rings. The first-order valence-corrected chi connectivity index (χ1v) is 7.84. The second kappa shape index (κ2) is 4.76. The molecule has 2 aromatic rings. The van der Waals surface area contributed by atoms with Crippen LogP contribution in [0.25, 0.3) is 5.82 Å². The van der Waals surface area contributed by atoms with Crippen molar-refractivity contribution in [3.63, 3.8) is 0 Å². The summed E-state index contributed by atoms with van der Waals surface area (Å²) >= 11 is 0. The van der Waals surface area contributed by atoms with Gasteiger partial charge < -0.3 is 4.74 Å².